The quantitative estimate of drug-likeness (QED) is 0.684. The predicted octanol–water partition coefficient (Wildman–Crippen LogP) is 2.94. The van der Waals surface area contributed by atoms with Crippen LogP contribution in [0.25, 0.3) is 0 Å². The highest BCUT2D eigenvalue weighted by Gasteiger charge is 2.30. The summed E-state index contributed by atoms with van der Waals surface area (Å²) in [5.74, 6) is 0.547. The van der Waals surface area contributed by atoms with Crippen LogP contribution in [0.1, 0.15) is 36.0 Å². The number of hydrogen-bond acceptors (Lipinski definition) is 4. The van der Waals surface area contributed by atoms with Crippen molar-refractivity contribution in [2.75, 3.05) is 32.8 Å². The van der Waals surface area contributed by atoms with Crippen LogP contribution in [-0.4, -0.2) is 48.8 Å². The Morgan fingerprint density at radius 2 is 1.86 bits per heavy atom. The third-order valence-electron chi connectivity index (χ3n) is 5.63. The van der Waals surface area contributed by atoms with Gasteiger partial charge in [-0.3, -0.25) is 9.69 Å². The molecule has 3 rings (SSSR count). The van der Waals surface area contributed by atoms with Gasteiger partial charge in [0.1, 0.15) is 0 Å². The van der Waals surface area contributed by atoms with Crippen molar-refractivity contribution >= 4 is 5.91 Å². The van der Waals surface area contributed by atoms with Gasteiger partial charge in [-0.05, 0) is 42.5 Å². The number of carbonyl (C=O) groups is 1. The van der Waals surface area contributed by atoms with Crippen LogP contribution in [0.4, 0.5) is 0 Å². The van der Waals surface area contributed by atoms with Gasteiger partial charge in [-0.1, -0.05) is 54.6 Å². The number of carbonyl (C=O) groups excluding carboxylic acids is 1. The van der Waals surface area contributed by atoms with Gasteiger partial charge in [-0.25, -0.2) is 0 Å². The summed E-state index contributed by atoms with van der Waals surface area (Å²) in [6.07, 6.45) is 0.962. The normalized spacial score (nSPS) is 19.8. The number of likely N-dealkylation sites (tertiary alicyclic amines) is 1. The Balaban J connectivity index is 1.45. The average Bonchev–Trinajstić information content (AvgIpc) is 2.77. The van der Waals surface area contributed by atoms with Crippen LogP contribution in [0.5, 0.6) is 0 Å². The Morgan fingerprint density at radius 1 is 1.14 bits per heavy atom. The molecule has 0 aromatic heterocycles. The molecule has 29 heavy (non-hydrogen) atoms. The minimum absolute atomic E-state index is 0.0262. The van der Waals surface area contributed by atoms with Crippen molar-refractivity contribution in [3.05, 3.63) is 71.3 Å². The smallest absolute Gasteiger partial charge is 0.234 e. The molecule has 156 valence electrons. The summed E-state index contributed by atoms with van der Waals surface area (Å²) in [6.45, 7) is 5.97. The minimum Gasteiger partial charge on any atom is -0.396 e. The Morgan fingerprint density at radius 3 is 2.55 bits per heavy atom. The van der Waals surface area contributed by atoms with E-state index in [2.05, 4.69) is 22.3 Å². The van der Waals surface area contributed by atoms with Gasteiger partial charge < -0.3 is 15.2 Å². The van der Waals surface area contributed by atoms with Gasteiger partial charge in [0.15, 0.2) is 0 Å². The third-order valence-corrected chi connectivity index (χ3v) is 5.63. The van der Waals surface area contributed by atoms with Gasteiger partial charge in [0.25, 0.3) is 0 Å². The number of ether oxygens (including phenoxy) is 1. The van der Waals surface area contributed by atoms with E-state index in [0.717, 1.165) is 30.6 Å². The lowest BCUT2D eigenvalue weighted by Crippen LogP contribution is -2.45. The largest absolute Gasteiger partial charge is 0.396 e. The highest BCUT2D eigenvalue weighted by Crippen LogP contribution is 2.32. The van der Waals surface area contributed by atoms with E-state index in [-0.39, 0.29) is 18.4 Å². The molecule has 0 bridgehead atoms. The second kappa shape index (κ2) is 11.1. The fourth-order valence-corrected chi connectivity index (χ4v) is 4.01. The summed E-state index contributed by atoms with van der Waals surface area (Å²) in [6, 6.07) is 18.5. The molecule has 0 saturated carbocycles. The molecule has 1 aliphatic heterocycles. The van der Waals surface area contributed by atoms with Crippen LogP contribution in [-0.2, 0) is 22.7 Å². The summed E-state index contributed by atoms with van der Waals surface area (Å²) >= 11 is 0. The van der Waals surface area contributed by atoms with Crippen molar-refractivity contribution in [3.8, 4) is 0 Å². The van der Waals surface area contributed by atoms with Crippen LogP contribution in [0.3, 0.4) is 0 Å². The standard InChI is InChI=1S/C24H32N2O3/c1-2-29-18-20-10-8-19(9-11-20)14-25-24(28)16-26-13-12-23(22(15-26)17-27)21-6-4-3-5-7-21/h3-11,22-23,27H,2,12-18H2,1H3,(H,25,28)/t22-,23+/m1/s1. The highest BCUT2D eigenvalue weighted by atomic mass is 16.5. The molecule has 2 atom stereocenters. The number of nitrogens with one attached hydrogen (secondary N) is 1. The van der Waals surface area contributed by atoms with Crippen molar-refractivity contribution in [1.29, 1.82) is 0 Å². The summed E-state index contributed by atoms with van der Waals surface area (Å²) < 4.78 is 5.40. The fraction of sp³-hybridized carbons (Fsp3) is 0.458. The summed E-state index contributed by atoms with van der Waals surface area (Å²) in [5, 5.41) is 12.9. The average molecular weight is 397 g/mol. The summed E-state index contributed by atoms with van der Waals surface area (Å²) in [5.41, 5.74) is 3.50. The van der Waals surface area contributed by atoms with Crippen molar-refractivity contribution < 1.29 is 14.6 Å². The molecular formula is C24H32N2O3. The number of aliphatic hydroxyl groups is 1. The van der Waals surface area contributed by atoms with E-state index in [0.29, 0.717) is 32.2 Å². The zero-order valence-electron chi connectivity index (χ0n) is 17.2. The molecular weight excluding hydrogens is 364 g/mol. The van der Waals surface area contributed by atoms with Gasteiger partial charge in [-0.2, -0.15) is 0 Å². The first kappa shape index (κ1) is 21.5. The zero-order valence-corrected chi connectivity index (χ0v) is 17.2. The third kappa shape index (κ3) is 6.39. The Labute approximate surface area is 173 Å². The first-order valence-electron chi connectivity index (χ1n) is 10.5. The summed E-state index contributed by atoms with van der Waals surface area (Å²) in [7, 11) is 0. The molecule has 2 aromatic rings. The molecule has 0 spiro atoms. The van der Waals surface area contributed by atoms with E-state index in [1.807, 2.05) is 49.4 Å². The number of rotatable bonds is 9. The van der Waals surface area contributed by atoms with Gasteiger partial charge in [0.2, 0.25) is 5.91 Å². The Bertz CT molecular complexity index is 748. The molecule has 5 heteroatoms. The Kier molecular flexibility index (Phi) is 8.23. The van der Waals surface area contributed by atoms with Crippen molar-refractivity contribution in [1.82, 2.24) is 10.2 Å². The van der Waals surface area contributed by atoms with E-state index in [1.54, 1.807) is 0 Å². The van der Waals surface area contributed by atoms with E-state index < -0.39 is 0 Å². The molecule has 2 aromatic carbocycles. The number of amides is 1. The molecule has 0 aliphatic carbocycles. The highest BCUT2D eigenvalue weighted by molar-refractivity contribution is 5.78. The van der Waals surface area contributed by atoms with Crippen LogP contribution in [0.15, 0.2) is 54.6 Å². The SMILES string of the molecule is CCOCc1ccc(CNC(=O)CN2CC[C@@H](c3ccccc3)[C@@H](CO)C2)cc1. The van der Waals surface area contributed by atoms with Crippen molar-refractivity contribution in [3.63, 3.8) is 0 Å². The van der Waals surface area contributed by atoms with Crippen LogP contribution < -0.4 is 5.32 Å². The number of piperidine rings is 1. The number of aliphatic hydroxyl groups excluding tert-OH is 1. The number of nitrogens with zero attached hydrogens (tertiary/aromatic N) is 1. The lowest BCUT2D eigenvalue weighted by atomic mass is 9.81. The number of hydrogen-bond donors (Lipinski definition) is 2. The van der Waals surface area contributed by atoms with Gasteiger partial charge in [0.05, 0.1) is 13.2 Å². The molecule has 1 heterocycles. The van der Waals surface area contributed by atoms with Gasteiger partial charge in [-0.15, -0.1) is 0 Å². The molecule has 1 amide bonds. The molecule has 1 fully saturated rings. The fourth-order valence-electron chi connectivity index (χ4n) is 4.01. The molecule has 5 nitrogen and oxygen atoms in total. The minimum atomic E-state index is 0.0262. The Hall–Kier alpha value is -2.21. The number of benzene rings is 2. The molecule has 1 saturated heterocycles. The maximum absolute atomic E-state index is 12.4. The van der Waals surface area contributed by atoms with E-state index in [4.69, 9.17) is 4.74 Å². The summed E-state index contributed by atoms with van der Waals surface area (Å²) in [4.78, 5) is 14.6. The molecule has 0 unspecified atom stereocenters. The topological polar surface area (TPSA) is 61.8 Å². The predicted molar refractivity (Wildman–Crippen MR) is 114 cm³/mol. The second-order valence-electron chi connectivity index (χ2n) is 7.71. The zero-order chi connectivity index (χ0) is 20.5. The molecule has 0 radical (unpaired) electrons. The molecule has 1 aliphatic rings. The maximum atomic E-state index is 12.4. The van der Waals surface area contributed by atoms with E-state index >= 15 is 0 Å². The van der Waals surface area contributed by atoms with Crippen LogP contribution in [0, 0.1) is 5.92 Å². The first-order valence-corrected chi connectivity index (χ1v) is 10.5. The van der Waals surface area contributed by atoms with Crippen molar-refractivity contribution in [2.45, 2.75) is 32.4 Å². The molecule has 2 N–H and O–H groups in total. The van der Waals surface area contributed by atoms with Gasteiger partial charge in [0, 0.05) is 32.2 Å². The van der Waals surface area contributed by atoms with E-state index in [9.17, 15) is 9.90 Å². The second-order valence-corrected chi connectivity index (χ2v) is 7.71. The van der Waals surface area contributed by atoms with Crippen molar-refractivity contribution in [2.24, 2.45) is 5.92 Å². The lowest BCUT2D eigenvalue weighted by molar-refractivity contribution is -0.123. The van der Waals surface area contributed by atoms with Crippen LogP contribution >= 0.6 is 0 Å². The van der Waals surface area contributed by atoms with E-state index in [1.165, 1.54) is 5.56 Å². The maximum Gasteiger partial charge on any atom is 0.234 e. The van der Waals surface area contributed by atoms with Gasteiger partial charge >= 0.3 is 0 Å². The first-order chi connectivity index (χ1) is 14.2. The lowest BCUT2D eigenvalue weighted by Gasteiger charge is -2.37. The van der Waals surface area contributed by atoms with Crippen LogP contribution in [0.2, 0.25) is 0 Å². The monoisotopic (exact) mass is 396 g/mol.